The normalized spacial score (nSPS) is 23.1. The van der Waals surface area contributed by atoms with Crippen molar-refractivity contribution in [2.45, 2.75) is 51.5 Å². The van der Waals surface area contributed by atoms with Gasteiger partial charge in [0, 0.05) is 18.8 Å². The summed E-state index contributed by atoms with van der Waals surface area (Å²) in [6, 6.07) is 1.41. The highest BCUT2D eigenvalue weighted by Gasteiger charge is 2.30. The molecule has 1 fully saturated rings. The van der Waals surface area contributed by atoms with Crippen molar-refractivity contribution < 1.29 is 14.7 Å². The third kappa shape index (κ3) is 3.83. The topological polar surface area (TPSA) is 84.2 Å². The van der Waals surface area contributed by atoms with Crippen LogP contribution in [0.3, 0.4) is 0 Å². The predicted molar refractivity (Wildman–Crippen MR) is 78.0 cm³/mol. The lowest BCUT2D eigenvalue weighted by atomic mass is 9.86. The predicted octanol–water partition coefficient (Wildman–Crippen LogP) is 1.88. The Hall–Kier alpha value is -1.85. The van der Waals surface area contributed by atoms with Gasteiger partial charge in [-0.1, -0.05) is 25.7 Å². The van der Waals surface area contributed by atoms with E-state index in [4.69, 9.17) is 0 Å². The van der Waals surface area contributed by atoms with Crippen molar-refractivity contribution in [2.75, 3.05) is 0 Å². The molecule has 0 spiro atoms. The molecule has 0 bridgehead atoms. The van der Waals surface area contributed by atoms with E-state index in [0.29, 0.717) is 18.5 Å². The molecule has 6 nitrogen and oxygen atoms in total. The SMILES string of the molecule is Cc1cc(C(=O)NC2CCCCCCC2C(=O)O)nn1C. The highest BCUT2D eigenvalue weighted by molar-refractivity contribution is 5.92. The second-order valence-electron chi connectivity index (χ2n) is 5.81. The number of carbonyl (C=O) groups is 2. The second-order valence-corrected chi connectivity index (χ2v) is 5.81. The molecule has 21 heavy (non-hydrogen) atoms. The van der Waals surface area contributed by atoms with E-state index >= 15 is 0 Å². The highest BCUT2D eigenvalue weighted by Crippen LogP contribution is 2.23. The van der Waals surface area contributed by atoms with Gasteiger partial charge >= 0.3 is 5.97 Å². The van der Waals surface area contributed by atoms with E-state index in [1.54, 1.807) is 17.8 Å². The fourth-order valence-corrected chi connectivity index (χ4v) is 2.87. The summed E-state index contributed by atoms with van der Waals surface area (Å²) < 4.78 is 1.64. The molecule has 1 heterocycles. The van der Waals surface area contributed by atoms with Crippen LogP contribution in [0, 0.1) is 12.8 Å². The third-order valence-corrected chi connectivity index (χ3v) is 4.25. The van der Waals surface area contributed by atoms with Gasteiger partial charge in [-0.15, -0.1) is 0 Å². The van der Waals surface area contributed by atoms with Crippen LogP contribution in [0.15, 0.2) is 6.07 Å². The molecule has 0 aromatic carbocycles. The summed E-state index contributed by atoms with van der Waals surface area (Å²) in [7, 11) is 1.78. The van der Waals surface area contributed by atoms with Crippen molar-refractivity contribution in [1.82, 2.24) is 15.1 Å². The van der Waals surface area contributed by atoms with E-state index in [1.165, 1.54) is 0 Å². The van der Waals surface area contributed by atoms with Gasteiger partial charge in [-0.05, 0) is 25.8 Å². The zero-order chi connectivity index (χ0) is 15.4. The molecule has 1 aliphatic rings. The number of carbonyl (C=O) groups excluding carboxylic acids is 1. The molecule has 0 radical (unpaired) electrons. The number of aryl methyl sites for hydroxylation is 2. The van der Waals surface area contributed by atoms with Crippen LogP contribution in [0.1, 0.15) is 54.7 Å². The monoisotopic (exact) mass is 293 g/mol. The molecule has 1 aromatic rings. The molecule has 2 unspecified atom stereocenters. The fourth-order valence-electron chi connectivity index (χ4n) is 2.87. The summed E-state index contributed by atoms with van der Waals surface area (Å²) in [6.07, 6.45) is 5.38. The third-order valence-electron chi connectivity index (χ3n) is 4.25. The Labute approximate surface area is 124 Å². The molecule has 6 heteroatoms. The smallest absolute Gasteiger partial charge is 0.308 e. The Bertz CT molecular complexity index is 505. The minimum absolute atomic E-state index is 0.282. The average molecular weight is 293 g/mol. The lowest BCUT2D eigenvalue weighted by molar-refractivity contribution is -0.143. The number of nitrogens with zero attached hydrogens (tertiary/aromatic N) is 2. The zero-order valence-electron chi connectivity index (χ0n) is 12.6. The van der Waals surface area contributed by atoms with Gasteiger partial charge in [0.15, 0.2) is 0 Å². The molecule has 0 saturated heterocycles. The Kier molecular flexibility index (Phi) is 4.98. The number of hydrogen-bond acceptors (Lipinski definition) is 3. The number of aliphatic carboxylic acids is 1. The first-order valence-electron chi connectivity index (χ1n) is 7.53. The molecule has 2 atom stereocenters. The maximum absolute atomic E-state index is 12.3. The first-order chi connectivity index (χ1) is 9.99. The number of rotatable bonds is 3. The quantitative estimate of drug-likeness (QED) is 0.891. The van der Waals surface area contributed by atoms with Gasteiger partial charge in [-0.3, -0.25) is 14.3 Å². The Balaban J connectivity index is 2.09. The highest BCUT2D eigenvalue weighted by atomic mass is 16.4. The van der Waals surface area contributed by atoms with Crippen LogP contribution >= 0.6 is 0 Å². The first kappa shape index (κ1) is 15.5. The molecule has 0 aliphatic heterocycles. The Morgan fingerprint density at radius 2 is 1.95 bits per heavy atom. The summed E-state index contributed by atoms with van der Waals surface area (Å²) in [5.41, 5.74) is 1.24. The molecular weight excluding hydrogens is 270 g/mol. The average Bonchev–Trinajstić information content (AvgIpc) is 2.72. The van der Waals surface area contributed by atoms with Crippen LogP contribution in [0.25, 0.3) is 0 Å². The molecule has 1 saturated carbocycles. The van der Waals surface area contributed by atoms with Crippen LogP contribution in [0.4, 0.5) is 0 Å². The number of amides is 1. The van der Waals surface area contributed by atoms with E-state index in [2.05, 4.69) is 10.4 Å². The Morgan fingerprint density at radius 1 is 1.29 bits per heavy atom. The standard InChI is InChI=1S/C15H23N3O3/c1-10-9-13(17-18(10)2)14(19)16-12-8-6-4-3-5-7-11(12)15(20)21/h9,11-12H,3-8H2,1-2H3,(H,16,19)(H,20,21). The van der Waals surface area contributed by atoms with Gasteiger partial charge < -0.3 is 10.4 Å². The van der Waals surface area contributed by atoms with Crippen molar-refractivity contribution in [3.05, 3.63) is 17.5 Å². The van der Waals surface area contributed by atoms with E-state index < -0.39 is 11.9 Å². The number of hydrogen-bond donors (Lipinski definition) is 2. The van der Waals surface area contributed by atoms with E-state index in [9.17, 15) is 14.7 Å². The van der Waals surface area contributed by atoms with Gasteiger partial charge in [0.2, 0.25) is 0 Å². The van der Waals surface area contributed by atoms with Crippen molar-refractivity contribution in [3.63, 3.8) is 0 Å². The van der Waals surface area contributed by atoms with Gasteiger partial charge in [0.25, 0.3) is 5.91 Å². The zero-order valence-corrected chi connectivity index (χ0v) is 12.6. The van der Waals surface area contributed by atoms with Crippen LogP contribution in [0.2, 0.25) is 0 Å². The van der Waals surface area contributed by atoms with Crippen molar-refractivity contribution >= 4 is 11.9 Å². The lowest BCUT2D eigenvalue weighted by Crippen LogP contribution is -2.44. The van der Waals surface area contributed by atoms with Crippen molar-refractivity contribution in [1.29, 1.82) is 0 Å². The number of nitrogens with one attached hydrogen (secondary N) is 1. The molecule has 1 aliphatic carbocycles. The van der Waals surface area contributed by atoms with Gasteiger partial charge in [0.1, 0.15) is 5.69 Å². The number of carboxylic acid groups (broad SMARTS) is 1. The molecular formula is C15H23N3O3. The summed E-state index contributed by atoms with van der Waals surface area (Å²) in [5.74, 6) is -1.60. The molecule has 1 amide bonds. The number of carboxylic acids is 1. The Morgan fingerprint density at radius 3 is 2.52 bits per heavy atom. The van der Waals surface area contributed by atoms with Crippen molar-refractivity contribution in [2.24, 2.45) is 13.0 Å². The van der Waals surface area contributed by atoms with Crippen molar-refractivity contribution in [3.8, 4) is 0 Å². The molecule has 1 aromatic heterocycles. The summed E-state index contributed by atoms with van der Waals surface area (Å²) in [4.78, 5) is 23.7. The summed E-state index contributed by atoms with van der Waals surface area (Å²) in [5, 5.41) is 16.4. The molecule has 2 rings (SSSR count). The lowest BCUT2D eigenvalue weighted by Gasteiger charge is -2.26. The molecule has 2 N–H and O–H groups in total. The number of aromatic nitrogens is 2. The fraction of sp³-hybridized carbons (Fsp3) is 0.667. The van der Waals surface area contributed by atoms with E-state index in [-0.39, 0.29) is 11.9 Å². The first-order valence-corrected chi connectivity index (χ1v) is 7.53. The van der Waals surface area contributed by atoms with E-state index in [1.807, 2.05) is 6.92 Å². The van der Waals surface area contributed by atoms with Gasteiger partial charge in [0.05, 0.1) is 5.92 Å². The minimum atomic E-state index is -0.820. The van der Waals surface area contributed by atoms with Crippen LogP contribution in [-0.2, 0) is 11.8 Å². The van der Waals surface area contributed by atoms with Crippen LogP contribution in [0.5, 0.6) is 0 Å². The minimum Gasteiger partial charge on any atom is -0.481 e. The van der Waals surface area contributed by atoms with Crippen LogP contribution in [-0.4, -0.2) is 32.8 Å². The maximum atomic E-state index is 12.3. The summed E-state index contributed by atoms with van der Waals surface area (Å²) >= 11 is 0. The second kappa shape index (κ2) is 6.74. The maximum Gasteiger partial charge on any atom is 0.308 e. The van der Waals surface area contributed by atoms with E-state index in [0.717, 1.165) is 31.4 Å². The van der Waals surface area contributed by atoms with Gasteiger partial charge in [-0.2, -0.15) is 5.10 Å². The largest absolute Gasteiger partial charge is 0.481 e. The molecule has 116 valence electrons. The summed E-state index contributed by atoms with van der Waals surface area (Å²) in [6.45, 7) is 1.87. The van der Waals surface area contributed by atoms with Gasteiger partial charge in [-0.25, -0.2) is 0 Å². The van der Waals surface area contributed by atoms with Crippen LogP contribution < -0.4 is 5.32 Å².